The van der Waals surface area contributed by atoms with Gasteiger partial charge >= 0.3 is 0 Å². The Labute approximate surface area is 149 Å². The fourth-order valence-corrected chi connectivity index (χ4v) is 2.20. The van der Waals surface area contributed by atoms with Crippen LogP contribution < -0.4 is 10.6 Å². The minimum absolute atomic E-state index is 0.0884. The summed E-state index contributed by atoms with van der Waals surface area (Å²) in [6.07, 6.45) is 1.39. The number of halogens is 2. The number of aromatic nitrogens is 1. The highest BCUT2D eigenvalue weighted by atomic mass is 35.5. The minimum Gasteiger partial charge on any atom is -0.383 e. The van der Waals surface area contributed by atoms with Gasteiger partial charge in [-0.1, -0.05) is 29.3 Å². The minimum atomic E-state index is -0.495. The van der Waals surface area contributed by atoms with Gasteiger partial charge in [0, 0.05) is 25.4 Å². The number of hydrogen-bond acceptors (Lipinski definition) is 4. The Kier molecular flexibility index (Phi) is 6.54. The SMILES string of the molecule is COCCNC(=O)c1ccnc(C(=O)Nc2cccc(Cl)c2Cl)c1. The zero-order valence-electron chi connectivity index (χ0n) is 12.8. The quantitative estimate of drug-likeness (QED) is 0.769. The van der Waals surface area contributed by atoms with Crippen LogP contribution in [-0.2, 0) is 4.74 Å². The molecule has 2 N–H and O–H groups in total. The van der Waals surface area contributed by atoms with Gasteiger partial charge in [0.15, 0.2) is 0 Å². The van der Waals surface area contributed by atoms with E-state index in [1.807, 2.05) is 0 Å². The molecule has 1 aromatic heterocycles. The number of amides is 2. The molecule has 24 heavy (non-hydrogen) atoms. The molecule has 6 nitrogen and oxygen atoms in total. The number of benzene rings is 1. The Balaban J connectivity index is 2.11. The van der Waals surface area contributed by atoms with Crippen molar-refractivity contribution in [1.82, 2.24) is 10.3 Å². The third-order valence-electron chi connectivity index (χ3n) is 3.05. The summed E-state index contributed by atoms with van der Waals surface area (Å²) in [5.74, 6) is -0.810. The van der Waals surface area contributed by atoms with Crippen molar-refractivity contribution in [3.8, 4) is 0 Å². The first-order chi connectivity index (χ1) is 11.5. The first kappa shape index (κ1) is 18.2. The molecule has 8 heteroatoms. The molecule has 0 saturated heterocycles. The molecule has 2 amide bonds. The number of nitrogens with zero attached hydrogens (tertiary/aromatic N) is 1. The van der Waals surface area contributed by atoms with E-state index < -0.39 is 5.91 Å². The van der Waals surface area contributed by atoms with Crippen LogP contribution >= 0.6 is 23.2 Å². The monoisotopic (exact) mass is 367 g/mol. The van der Waals surface area contributed by atoms with Crippen molar-refractivity contribution in [1.29, 1.82) is 0 Å². The number of rotatable bonds is 6. The molecule has 0 bridgehead atoms. The maximum absolute atomic E-state index is 12.3. The predicted octanol–water partition coefficient (Wildman–Crippen LogP) is 3.02. The van der Waals surface area contributed by atoms with Crippen molar-refractivity contribution in [2.24, 2.45) is 0 Å². The van der Waals surface area contributed by atoms with E-state index in [1.165, 1.54) is 18.3 Å². The summed E-state index contributed by atoms with van der Waals surface area (Å²) in [6.45, 7) is 0.773. The molecule has 0 saturated carbocycles. The average Bonchev–Trinajstić information content (AvgIpc) is 2.59. The highest BCUT2D eigenvalue weighted by Crippen LogP contribution is 2.29. The van der Waals surface area contributed by atoms with E-state index in [4.69, 9.17) is 27.9 Å². The summed E-state index contributed by atoms with van der Waals surface area (Å²) < 4.78 is 4.86. The van der Waals surface area contributed by atoms with Crippen LogP contribution in [-0.4, -0.2) is 37.1 Å². The predicted molar refractivity (Wildman–Crippen MR) is 92.9 cm³/mol. The van der Waals surface area contributed by atoms with E-state index in [0.29, 0.717) is 29.4 Å². The van der Waals surface area contributed by atoms with E-state index in [2.05, 4.69) is 15.6 Å². The molecule has 0 spiro atoms. The highest BCUT2D eigenvalue weighted by molar-refractivity contribution is 6.44. The average molecular weight is 368 g/mol. The Morgan fingerprint density at radius 2 is 2.00 bits per heavy atom. The first-order valence-electron chi connectivity index (χ1n) is 7.01. The first-order valence-corrected chi connectivity index (χ1v) is 7.77. The number of nitrogens with one attached hydrogen (secondary N) is 2. The van der Waals surface area contributed by atoms with Gasteiger partial charge in [0.1, 0.15) is 5.69 Å². The fraction of sp³-hybridized carbons (Fsp3) is 0.188. The van der Waals surface area contributed by atoms with Gasteiger partial charge in [0.2, 0.25) is 0 Å². The van der Waals surface area contributed by atoms with Gasteiger partial charge in [-0.05, 0) is 24.3 Å². The largest absolute Gasteiger partial charge is 0.383 e. The number of pyridine rings is 1. The lowest BCUT2D eigenvalue weighted by Gasteiger charge is -2.09. The maximum atomic E-state index is 12.3. The van der Waals surface area contributed by atoms with Gasteiger partial charge in [-0.2, -0.15) is 0 Å². The van der Waals surface area contributed by atoms with Crippen molar-refractivity contribution in [3.05, 3.63) is 57.8 Å². The van der Waals surface area contributed by atoms with Crippen LogP contribution in [0.25, 0.3) is 0 Å². The lowest BCUT2D eigenvalue weighted by Crippen LogP contribution is -2.27. The molecule has 0 fully saturated rings. The van der Waals surface area contributed by atoms with Gasteiger partial charge in [0.25, 0.3) is 11.8 Å². The van der Waals surface area contributed by atoms with E-state index in [0.717, 1.165) is 0 Å². The molecule has 2 rings (SSSR count). The summed E-state index contributed by atoms with van der Waals surface area (Å²) in [5, 5.41) is 5.85. The van der Waals surface area contributed by atoms with Gasteiger partial charge < -0.3 is 15.4 Å². The zero-order chi connectivity index (χ0) is 17.5. The third-order valence-corrected chi connectivity index (χ3v) is 3.87. The molecule has 0 radical (unpaired) electrons. The molecule has 0 atom stereocenters. The number of hydrogen-bond donors (Lipinski definition) is 2. The Hall–Kier alpha value is -2.15. The molecule has 0 aliphatic heterocycles. The topological polar surface area (TPSA) is 80.3 Å². The lowest BCUT2D eigenvalue weighted by atomic mass is 10.2. The van der Waals surface area contributed by atoms with Gasteiger partial charge in [-0.25, -0.2) is 0 Å². The number of methoxy groups -OCH3 is 1. The van der Waals surface area contributed by atoms with E-state index in [9.17, 15) is 9.59 Å². The number of carbonyl (C=O) groups excluding carboxylic acids is 2. The molecular formula is C16H15Cl2N3O3. The van der Waals surface area contributed by atoms with Gasteiger partial charge in [-0.3, -0.25) is 14.6 Å². The standard InChI is InChI=1S/C16H15Cl2N3O3/c1-24-8-7-20-15(22)10-5-6-19-13(9-10)16(23)21-12-4-2-3-11(17)14(12)18/h2-6,9H,7-8H2,1H3,(H,20,22)(H,21,23). The second-order valence-electron chi connectivity index (χ2n) is 4.73. The third kappa shape index (κ3) is 4.67. The second kappa shape index (κ2) is 8.63. The highest BCUT2D eigenvalue weighted by Gasteiger charge is 2.14. The summed E-state index contributed by atoms with van der Waals surface area (Å²) in [5.41, 5.74) is 0.778. The van der Waals surface area contributed by atoms with Gasteiger partial charge in [0.05, 0.1) is 22.3 Å². The van der Waals surface area contributed by atoms with Crippen LogP contribution in [0.1, 0.15) is 20.8 Å². The molecule has 0 aliphatic rings. The number of carbonyl (C=O) groups is 2. The summed E-state index contributed by atoms with van der Waals surface area (Å²) in [4.78, 5) is 28.2. The van der Waals surface area contributed by atoms with Crippen molar-refractivity contribution < 1.29 is 14.3 Å². The van der Waals surface area contributed by atoms with Crippen molar-refractivity contribution >= 4 is 40.7 Å². The van der Waals surface area contributed by atoms with Crippen LogP contribution in [0.5, 0.6) is 0 Å². The van der Waals surface area contributed by atoms with Crippen LogP contribution in [0.15, 0.2) is 36.5 Å². The molecule has 1 aromatic carbocycles. The molecule has 126 valence electrons. The zero-order valence-corrected chi connectivity index (χ0v) is 14.3. The van der Waals surface area contributed by atoms with Crippen molar-refractivity contribution in [2.45, 2.75) is 0 Å². The Morgan fingerprint density at radius 1 is 1.21 bits per heavy atom. The second-order valence-corrected chi connectivity index (χ2v) is 5.52. The fourth-order valence-electron chi connectivity index (χ4n) is 1.85. The van der Waals surface area contributed by atoms with Crippen LogP contribution in [0.3, 0.4) is 0 Å². The molecule has 2 aromatic rings. The summed E-state index contributed by atoms with van der Waals surface area (Å²) in [6, 6.07) is 7.81. The van der Waals surface area contributed by atoms with Crippen LogP contribution in [0, 0.1) is 0 Å². The lowest BCUT2D eigenvalue weighted by molar-refractivity contribution is 0.0937. The number of anilines is 1. The van der Waals surface area contributed by atoms with Crippen LogP contribution in [0.2, 0.25) is 10.0 Å². The molecule has 0 aliphatic carbocycles. The Bertz CT molecular complexity index is 753. The normalized spacial score (nSPS) is 10.3. The molecule has 1 heterocycles. The smallest absolute Gasteiger partial charge is 0.274 e. The van der Waals surface area contributed by atoms with Crippen molar-refractivity contribution in [3.63, 3.8) is 0 Å². The Morgan fingerprint density at radius 3 is 2.75 bits per heavy atom. The molecular weight excluding hydrogens is 353 g/mol. The van der Waals surface area contributed by atoms with E-state index in [1.54, 1.807) is 25.3 Å². The summed E-state index contributed by atoms with van der Waals surface area (Å²) in [7, 11) is 1.54. The van der Waals surface area contributed by atoms with Crippen molar-refractivity contribution in [2.75, 3.05) is 25.6 Å². The van der Waals surface area contributed by atoms with Crippen LogP contribution in [0.4, 0.5) is 5.69 Å². The molecule has 0 unspecified atom stereocenters. The summed E-state index contributed by atoms with van der Waals surface area (Å²) >= 11 is 11.9. The van der Waals surface area contributed by atoms with Gasteiger partial charge in [-0.15, -0.1) is 0 Å². The van der Waals surface area contributed by atoms with E-state index >= 15 is 0 Å². The van der Waals surface area contributed by atoms with E-state index in [-0.39, 0.29) is 16.6 Å². The number of ether oxygens (including phenoxy) is 1. The maximum Gasteiger partial charge on any atom is 0.274 e.